The maximum Gasteiger partial charge on any atom is 0.176 e. The van der Waals surface area contributed by atoms with Gasteiger partial charge in [0.15, 0.2) is 5.78 Å². The highest BCUT2D eigenvalue weighted by molar-refractivity contribution is 9.10. The zero-order valence-corrected chi connectivity index (χ0v) is 10.9. The van der Waals surface area contributed by atoms with Crippen molar-refractivity contribution in [1.82, 2.24) is 0 Å². The third-order valence-corrected chi connectivity index (χ3v) is 3.90. The molecule has 16 heavy (non-hydrogen) atoms. The summed E-state index contributed by atoms with van der Waals surface area (Å²) in [4.78, 5) is 11.9. The molecular formula is C13H15BrO2. The fourth-order valence-electron chi connectivity index (χ4n) is 1.88. The zero-order chi connectivity index (χ0) is 11.5. The lowest BCUT2D eigenvalue weighted by atomic mass is 10.00. The Bertz CT molecular complexity index is 401. The van der Waals surface area contributed by atoms with Gasteiger partial charge in [-0.1, -0.05) is 22.9 Å². The highest BCUT2D eigenvalue weighted by Gasteiger charge is 2.17. The minimum Gasteiger partial charge on any atom is -0.493 e. The third kappa shape index (κ3) is 2.29. The first-order chi connectivity index (χ1) is 7.72. The summed E-state index contributed by atoms with van der Waals surface area (Å²) in [7, 11) is 0. The van der Waals surface area contributed by atoms with E-state index in [0.29, 0.717) is 0 Å². The Morgan fingerprint density at radius 2 is 2.38 bits per heavy atom. The van der Waals surface area contributed by atoms with Gasteiger partial charge in [0.25, 0.3) is 0 Å². The Labute approximate surface area is 104 Å². The largest absolute Gasteiger partial charge is 0.493 e. The lowest BCUT2D eigenvalue weighted by Gasteiger charge is -2.18. The predicted octanol–water partition coefficient (Wildman–Crippen LogP) is 3.37. The standard InChI is InChI=1S/C13H15BrO2/c1-2-11(14)13(15)10-5-6-12-9(8-10)4-3-7-16-12/h5-6,8,11H,2-4,7H2,1H3. The van der Waals surface area contributed by atoms with Crippen molar-refractivity contribution in [1.29, 1.82) is 0 Å². The molecule has 0 bridgehead atoms. The van der Waals surface area contributed by atoms with Gasteiger partial charge in [0.1, 0.15) is 5.75 Å². The highest BCUT2D eigenvalue weighted by atomic mass is 79.9. The quantitative estimate of drug-likeness (QED) is 0.628. The predicted molar refractivity (Wildman–Crippen MR) is 67.6 cm³/mol. The molecule has 86 valence electrons. The Morgan fingerprint density at radius 1 is 1.56 bits per heavy atom. The molecule has 0 amide bonds. The number of Topliss-reactive ketones (excluding diaryl/α,β-unsaturated/α-hetero) is 1. The Morgan fingerprint density at radius 3 is 3.12 bits per heavy atom. The molecule has 0 N–H and O–H groups in total. The summed E-state index contributed by atoms with van der Waals surface area (Å²) in [6.07, 6.45) is 2.86. The first kappa shape index (κ1) is 11.6. The Hall–Kier alpha value is -0.830. The van der Waals surface area contributed by atoms with Gasteiger partial charge in [-0.15, -0.1) is 0 Å². The second-order valence-corrected chi connectivity index (χ2v) is 5.12. The number of carbonyl (C=O) groups excluding carboxylic acids is 1. The van der Waals surface area contributed by atoms with Crippen LogP contribution in [-0.2, 0) is 6.42 Å². The van der Waals surface area contributed by atoms with Gasteiger partial charge in [0.2, 0.25) is 0 Å². The number of hydrogen-bond donors (Lipinski definition) is 0. The first-order valence-corrected chi connectivity index (χ1v) is 6.58. The van der Waals surface area contributed by atoms with E-state index in [4.69, 9.17) is 4.74 Å². The van der Waals surface area contributed by atoms with E-state index in [1.807, 2.05) is 25.1 Å². The Kier molecular flexibility index (Phi) is 3.64. The normalized spacial score (nSPS) is 16.1. The van der Waals surface area contributed by atoms with Gasteiger partial charge in [0.05, 0.1) is 11.4 Å². The molecule has 1 unspecified atom stereocenters. The number of benzene rings is 1. The van der Waals surface area contributed by atoms with Crippen molar-refractivity contribution in [2.75, 3.05) is 6.61 Å². The maximum atomic E-state index is 12.0. The zero-order valence-electron chi connectivity index (χ0n) is 9.33. The second-order valence-electron chi connectivity index (χ2n) is 4.01. The Balaban J connectivity index is 2.26. The fraction of sp³-hybridized carbons (Fsp3) is 0.462. The number of alkyl halides is 1. The van der Waals surface area contributed by atoms with E-state index in [1.165, 1.54) is 0 Å². The molecule has 0 spiro atoms. The van der Waals surface area contributed by atoms with E-state index < -0.39 is 0 Å². The number of rotatable bonds is 3. The van der Waals surface area contributed by atoms with E-state index in [2.05, 4.69) is 15.9 Å². The molecule has 2 nitrogen and oxygen atoms in total. The van der Waals surface area contributed by atoms with Crippen molar-refractivity contribution in [2.24, 2.45) is 0 Å². The fourth-order valence-corrected chi connectivity index (χ4v) is 2.14. The number of ether oxygens (including phenoxy) is 1. The van der Waals surface area contributed by atoms with Crippen molar-refractivity contribution in [3.8, 4) is 5.75 Å². The van der Waals surface area contributed by atoms with E-state index in [1.54, 1.807) is 0 Å². The topological polar surface area (TPSA) is 26.3 Å². The van der Waals surface area contributed by atoms with Crippen LogP contribution in [0.4, 0.5) is 0 Å². The number of fused-ring (bicyclic) bond motifs is 1. The van der Waals surface area contributed by atoms with Gasteiger partial charge in [-0.2, -0.15) is 0 Å². The van der Waals surface area contributed by atoms with Gasteiger partial charge >= 0.3 is 0 Å². The van der Waals surface area contributed by atoms with Crippen molar-refractivity contribution in [3.05, 3.63) is 29.3 Å². The van der Waals surface area contributed by atoms with Crippen molar-refractivity contribution in [2.45, 2.75) is 31.0 Å². The molecule has 0 aliphatic carbocycles. The van der Waals surface area contributed by atoms with Crippen LogP contribution in [0.2, 0.25) is 0 Å². The van der Waals surface area contributed by atoms with Crippen LogP contribution in [0.25, 0.3) is 0 Å². The molecule has 3 heteroatoms. The minimum absolute atomic E-state index is 0.0740. The molecule has 1 aromatic rings. The van der Waals surface area contributed by atoms with Gasteiger partial charge in [0, 0.05) is 5.56 Å². The monoisotopic (exact) mass is 282 g/mol. The molecule has 1 aliphatic rings. The molecule has 0 saturated heterocycles. The van der Waals surface area contributed by atoms with E-state index in [9.17, 15) is 4.79 Å². The van der Waals surface area contributed by atoms with Gasteiger partial charge in [-0.25, -0.2) is 0 Å². The van der Waals surface area contributed by atoms with Gasteiger partial charge in [-0.05, 0) is 43.0 Å². The molecule has 1 atom stereocenters. The van der Waals surface area contributed by atoms with Crippen LogP contribution in [0, 0.1) is 0 Å². The van der Waals surface area contributed by atoms with Gasteiger partial charge < -0.3 is 4.74 Å². The van der Waals surface area contributed by atoms with Crippen LogP contribution in [0.1, 0.15) is 35.7 Å². The number of aryl methyl sites for hydroxylation is 1. The van der Waals surface area contributed by atoms with Crippen molar-refractivity contribution in [3.63, 3.8) is 0 Å². The molecule has 1 aromatic carbocycles. The molecular weight excluding hydrogens is 268 g/mol. The average Bonchev–Trinajstić information content (AvgIpc) is 2.36. The molecule has 2 rings (SSSR count). The minimum atomic E-state index is -0.0740. The van der Waals surface area contributed by atoms with Crippen LogP contribution < -0.4 is 4.74 Å². The van der Waals surface area contributed by atoms with E-state index >= 15 is 0 Å². The molecule has 1 heterocycles. The maximum absolute atomic E-state index is 12.0. The molecule has 0 saturated carbocycles. The van der Waals surface area contributed by atoms with E-state index in [-0.39, 0.29) is 10.6 Å². The van der Waals surface area contributed by atoms with Crippen molar-refractivity contribution >= 4 is 21.7 Å². The first-order valence-electron chi connectivity index (χ1n) is 5.66. The van der Waals surface area contributed by atoms with Crippen LogP contribution in [0.5, 0.6) is 5.75 Å². The third-order valence-electron chi connectivity index (χ3n) is 2.84. The van der Waals surface area contributed by atoms with Crippen LogP contribution >= 0.6 is 15.9 Å². The number of ketones is 1. The molecule has 0 fully saturated rings. The number of halogens is 1. The lowest BCUT2D eigenvalue weighted by molar-refractivity contribution is 0.0990. The summed E-state index contributed by atoms with van der Waals surface area (Å²) < 4.78 is 5.52. The van der Waals surface area contributed by atoms with Crippen molar-refractivity contribution < 1.29 is 9.53 Å². The second kappa shape index (κ2) is 5.00. The summed E-state index contributed by atoms with van der Waals surface area (Å²) in [5.41, 5.74) is 1.95. The SMILES string of the molecule is CCC(Br)C(=O)c1ccc2c(c1)CCCO2. The lowest BCUT2D eigenvalue weighted by Crippen LogP contribution is -2.15. The van der Waals surface area contributed by atoms with Crippen LogP contribution in [0.15, 0.2) is 18.2 Å². The smallest absolute Gasteiger partial charge is 0.176 e. The molecule has 0 aromatic heterocycles. The summed E-state index contributed by atoms with van der Waals surface area (Å²) in [5, 5.41) is 0. The van der Waals surface area contributed by atoms with Gasteiger partial charge in [-0.3, -0.25) is 4.79 Å². The number of hydrogen-bond acceptors (Lipinski definition) is 2. The summed E-state index contributed by atoms with van der Waals surface area (Å²) >= 11 is 3.39. The summed E-state index contributed by atoms with van der Waals surface area (Å²) in [6.45, 7) is 2.79. The van der Waals surface area contributed by atoms with E-state index in [0.717, 1.165) is 42.7 Å². The van der Waals surface area contributed by atoms with Crippen LogP contribution in [-0.4, -0.2) is 17.2 Å². The molecule has 0 radical (unpaired) electrons. The average molecular weight is 283 g/mol. The summed E-state index contributed by atoms with van der Waals surface area (Å²) in [6, 6.07) is 5.74. The highest BCUT2D eigenvalue weighted by Crippen LogP contribution is 2.26. The summed E-state index contributed by atoms with van der Waals surface area (Å²) in [5.74, 6) is 1.10. The number of carbonyl (C=O) groups is 1. The molecule has 1 aliphatic heterocycles. The van der Waals surface area contributed by atoms with Crippen LogP contribution in [0.3, 0.4) is 0 Å².